The predicted octanol–water partition coefficient (Wildman–Crippen LogP) is 4.29. The lowest BCUT2D eigenvalue weighted by molar-refractivity contribution is -0.137. The van der Waals surface area contributed by atoms with Crippen LogP contribution in [-0.2, 0) is 11.0 Å². The molecule has 0 spiro atoms. The van der Waals surface area contributed by atoms with Crippen molar-refractivity contribution in [2.24, 2.45) is 0 Å². The number of hydrogen-bond donors (Lipinski definition) is 1. The zero-order chi connectivity index (χ0) is 18.3. The predicted molar refractivity (Wildman–Crippen MR) is 87.7 cm³/mol. The average molecular weight is 351 g/mol. The Morgan fingerprint density at radius 2 is 1.76 bits per heavy atom. The molecule has 0 unspecified atom stereocenters. The second-order valence-corrected chi connectivity index (χ2v) is 4.99. The van der Waals surface area contributed by atoms with Gasteiger partial charge < -0.3 is 14.8 Å². The van der Waals surface area contributed by atoms with Crippen LogP contribution in [0.5, 0.6) is 11.5 Å². The Kier molecular flexibility index (Phi) is 6.05. The molecule has 0 heterocycles. The number of rotatable bonds is 7. The Morgan fingerprint density at radius 1 is 1.08 bits per heavy atom. The number of carbonyl (C=O) groups is 1. The molecule has 2 aromatic rings. The molecule has 0 aliphatic heterocycles. The first-order chi connectivity index (χ1) is 11.9. The summed E-state index contributed by atoms with van der Waals surface area (Å²) in [7, 11) is 0. The minimum Gasteiger partial charge on any atom is -0.489 e. The quantitative estimate of drug-likeness (QED) is 0.757. The van der Waals surface area contributed by atoms with Crippen LogP contribution in [0.15, 0.2) is 61.2 Å². The summed E-state index contributed by atoms with van der Waals surface area (Å²) in [6.07, 6.45) is -2.87. The van der Waals surface area contributed by atoms with E-state index in [0.717, 1.165) is 12.1 Å². The number of amides is 1. The third kappa shape index (κ3) is 5.87. The molecule has 0 aliphatic carbocycles. The second-order valence-electron chi connectivity index (χ2n) is 4.99. The summed E-state index contributed by atoms with van der Waals surface area (Å²) < 4.78 is 48.3. The number of carbonyl (C=O) groups excluding carboxylic acids is 1. The molecule has 7 heteroatoms. The fraction of sp³-hybridized carbons (Fsp3) is 0.167. The van der Waals surface area contributed by atoms with E-state index in [0.29, 0.717) is 18.0 Å². The summed E-state index contributed by atoms with van der Waals surface area (Å²) in [5, 5.41) is 2.58. The number of hydrogen-bond acceptors (Lipinski definition) is 3. The third-order valence-corrected chi connectivity index (χ3v) is 3.02. The molecule has 0 fully saturated rings. The molecule has 0 bridgehead atoms. The van der Waals surface area contributed by atoms with E-state index in [2.05, 4.69) is 11.9 Å². The van der Waals surface area contributed by atoms with Crippen molar-refractivity contribution in [2.45, 2.75) is 6.18 Å². The second kappa shape index (κ2) is 8.23. The van der Waals surface area contributed by atoms with E-state index in [1.807, 2.05) is 0 Å². The van der Waals surface area contributed by atoms with Crippen molar-refractivity contribution in [3.8, 4) is 11.5 Å². The molecule has 4 nitrogen and oxygen atoms in total. The highest BCUT2D eigenvalue weighted by Crippen LogP contribution is 2.31. The fourth-order valence-electron chi connectivity index (χ4n) is 1.93. The van der Waals surface area contributed by atoms with Crippen molar-refractivity contribution >= 4 is 11.6 Å². The minimum atomic E-state index is -4.46. The van der Waals surface area contributed by atoms with Gasteiger partial charge in [-0.2, -0.15) is 13.2 Å². The molecular formula is C18H16F3NO3. The van der Waals surface area contributed by atoms with Gasteiger partial charge in [0.1, 0.15) is 18.1 Å². The molecule has 0 aliphatic rings. The highest BCUT2D eigenvalue weighted by molar-refractivity contribution is 5.92. The number of halogens is 3. The van der Waals surface area contributed by atoms with Gasteiger partial charge in [-0.15, -0.1) is 0 Å². The highest BCUT2D eigenvalue weighted by Gasteiger charge is 2.30. The molecule has 2 aromatic carbocycles. The van der Waals surface area contributed by atoms with Crippen molar-refractivity contribution in [1.29, 1.82) is 0 Å². The molecule has 0 saturated carbocycles. The maximum absolute atomic E-state index is 12.6. The smallest absolute Gasteiger partial charge is 0.416 e. The van der Waals surface area contributed by atoms with Gasteiger partial charge in [-0.05, 0) is 30.3 Å². The number of ether oxygens (including phenoxy) is 2. The van der Waals surface area contributed by atoms with Crippen LogP contribution in [0.2, 0.25) is 0 Å². The lowest BCUT2D eigenvalue weighted by Gasteiger charge is -2.11. The molecule has 1 N–H and O–H groups in total. The van der Waals surface area contributed by atoms with E-state index >= 15 is 0 Å². The lowest BCUT2D eigenvalue weighted by Crippen LogP contribution is -2.20. The van der Waals surface area contributed by atoms with Gasteiger partial charge in [-0.3, -0.25) is 4.79 Å². The molecule has 2 rings (SSSR count). The van der Waals surface area contributed by atoms with Crippen LogP contribution in [0.3, 0.4) is 0 Å². The summed E-state index contributed by atoms with van der Waals surface area (Å²) in [6.45, 7) is 3.45. The van der Waals surface area contributed by atoms with Gasteiger partial charge in [-0.1, -0.05) is 24.8 Å². The van der Waals surface area contributed by atoms with E-state index in [-0.39, 0.29) is 5.75 Å². The van der Waals surface area contributed by atoms with Crippen LogP contribution < -0.4 is 14.8 Å². The Bertz CT molecular complexity index is 744. The molecular weight excluding hydrogens is 335 g/mol. The Hall–Kier alpha value is -2.96. The van der Waals surface area contributed by atoms with Crippen LogP contribution in [0.1, 0.15) is 5.56 Å². The van der Waals surface area contributed by atoms with Crippen LogP contribution in [0.4, 0.5) is 18.9 Å². The number of alkyl halides is 3. The Morgan fingerprint density at radius 3 is 2.44 bits per heavy atom. The van der Waals surface area contributed by atoms with Crippen molar-refractivity contribution in [1.82, 2.24) is 0 Å². The van der Waals surface area contributed by atoms with E-state index in [9.17, 15) is 18.0 Å². The van der Waals surface area contributed by atoms with Gasteiger partial charge in [-0.25, -0.2) is 0 Å². The first-order valence-electron chi connectivity index (χ1n) is 7.32. The van der Waals surface area contributed by atoms with Gasteiger partial charge in [0.05, 0.1) is 5.56 Å². The number of anilines is 1. The van der Waals surface area contributed by atoms with Crippen LogP contribution in [-0.4, -0.2) is 19.1 Å². The molecule has 132 valence electrons. The summed E-state index contributed by atoms with van der Waals surface area (Å²) in [6, 6.07) is 11.0. The van der Waals surface area contributed by atoms with E-state index in [1.54, 1.807) is 30.3 Å². The zero-order valence-electron chi connectivity index (χ0n) is 13.2. The first kappa shape index (κ1) is 18.4. The van der Waals surface area contributed by atoms with E-state index < -0.39 is 24.3 Å². The van der Waals surface area contributed by atoms with Gasteiger partial charge in [0.2, 0.25) is 0 Å². The Balaban J connectivity index is 1.92. The van der Waals surface area contributed by atoms with E-state index in [1.165, 1.54) is 12.1 Å². The highest BCUT2D eigenvalue weighted by atomic mass is 19.4. The van der Waals surface area contributed by atoms with Crippen LogP contribution >= 0.6 is 0 Å². The van der Waals surface area contributed by atoms with Gasteiger partial charge in [0.15, 0.2) is 6.61 Å². The summed E-state index contributed by atoms with van der Waals surface area (Å²) in [5.41, 5.74) is -0.350. The molecule has 1 amide bonds. The first-order valence-corrected chi connectivity index (χ1v) is 7.32. The van der Waals surface area contributed by atoms with Crippen molar-refractivity contribution in [2.75, 3.05) is 18.5 Å². The Labute approximate surface area is 142 Å². The standard InChI is InChI=1S/C18H16F3NO3/c1-2-9-24-16-8-4-6-14(11-16)22-17(23)12-25-15-7-3-5-13(10-15)18(19,20)21/h2-8,10-11H,1,9,12H2,(H,22,23). The largest absolute Gasteiger partial charge is 0.489 e. The third-order valence-electron chi connectivity index (χ3n) is 3.02. The van der Waals surface area contributed by atoms with Crippen molar-refractivity contribution in [3.63, 3.8) is 0 Å². The van der Waals surface area contributed by atoms with Crippen molar-refractivity contribution in [3.05, 3.63) is 66.7 Å². The van der Waals surface area contributed by atoms with Crippen LogP contribution in [0, 0.1) is 0 Å². The molecule has 25 heavy (non-hydrogen) atoms. The zero-order valence-corrected chi connectivity index (χ0v) is 13.2. The topological polar surface area (TPSA) is 47.6 Å². The maximum Gasteiger partial charge on any atom is 0.416 e. The molecule has 0 saturated heterocycles. The molecule has 0 atom stereocenters. The monoisotopic (exact) mass is 351 g/mol. The van der Waals surface area contributed by atoms with Crippen LogP contribution in [0.25, 0.3) is 0 Å². The summed E-state index contributed by atoms with van der Waals surface area (Å²) in [4.78, 5) is 11.9. The number of nitrogens with one attached hydrogen (secondary N) is 1. The van der Waals surface area contributed by atoms with Gasteiger partial charge >= 0.3 is 6.18 Å². The normalized spacial score (nSPS) is 10.8. The maximum atomic E-state index is 12.6. The molecule has 0 radical (unpaired) electrons. The average Bonchev–Trinajstić information content (AvgIpc) is 2.58. The summed E-state index contributed by atoms with van der Waals surface area (Å²) in [5.74, 6) is 0.0165. The van der Waals surface area contributed by atoms with Crippen molar-refractivity contribution < 1.29 is 27.4 Å². The number of benzene rings is 2. The van der Waals surface area contributed by atoms with Gasteiger partial charge in [0, 0.05) is 11.8 Å². The van der Waals surface area contributed by atoms with Gasteiger partial charge in [0.25, 0.3) is 5.91 Å². The minimum absolute atomic E-state index is 0.0342. The SMILES string of the molecule is C=CCOc1cccc(NC(=O)COc2cccc(C(F)(F)F)c2)c1. The summed E-state index contributed by atoms with van der Waals surface area (Å²) >= 11 is 0. The van der Waals surface area contributed by atoms with E-state index in [4.69, 9.17) is 9.47 Å². The molecule has 0 aromatic heterocycles. The fourth-order valence-corrected chi connectivity index (χ4v) is 1.93. The lowest BCUT2D eigenvalue weighted by atomic mass is 10.2.